The highest BCUT2D eigenvalue weighted by Crippen LogP contribution is 2.19. The summed E-state index contributed by atoms with van der Waals surface area (Å²) in [5, 5.41) is 5.55. The predicted molar refractivity (Wildman–Crippen MR) is 118 cm³/mol. The van der Waals surface area contributed by atoms with E-state index < -0.39 is 11.7 Å². The average Bonchev–Trinajstić information content (AvgIpc) is 2.71. The number of hydrogen-bond acceptors (Lipinski definition) is 5. The summed E-state index contributed by atoms with van der Waals surface area (Å²) in [6, 6.07) is 7.76. The molecule has 0 atom stereocenters. The van der Waals surface area contributed by atoms with Gasteiger partial charge >= 0.3 is 6.09 Å². The van der Waals surface area contributed by atoms with Gasteiger partial charge < -0.3 is 25.0 Å². The largest absolute Gasteiger partial charge is 0.483 e. The zero-order chi connectivity index (χ0) is 22.9. The summed E-state index contributed by atoms with van der Waals surface area (Å²) in [5.41, 5.74) is 0.514. The van der Waals surface area contributed by atoms with Crippen LogP contribution < -0.4 is 15.4 Å². The Hall–Kier alpha value is -2.77. The van der Waals surface area contributed by atoms with Gasteiger partial charge in [-0.05, 0) is 51.7 Å². The van der Waals surface area contributed by atoms with Crippen molar-refractivity contribution < 1.29 is 23.9 Å². The molecule has 0 bridgehead atoms. The maximum absolute atomic E-state index is 12.5. The fraction of sp³-hybridized carbons (Fsp3) is 0.609. The molecule has 0 unspecified atom stereocenters. The number of ether oxygens (including phenoxy) is 2. The lowest BCUT2D eigenvalue weighted by Gasteiger charge is -2.32. The number of nitrogens with one attached hydrogen (secondary N) is 2. The second kappa shape index (κ2) is 11.6. The number of rotatable bonds is 8. The van der Waals surface area contributed by atoms with E-state index >= 15 is 0 Å². The molecule has 0 saturated carbocycles. The van der Waals surface area contributed by atoms with Gasteiger partial charge in [-0.2, -0.15) is 0 Å². The van der Waals surface area contributed by atoms with Gasteiger partial charge in [-0.25, -0.2) is 4.79 Å². The molecule has 1 aliphatic heterocycles. The fourth-order valence-electron chi connectivity index (χ4n) is 3.33. The Bertz CT molecular complexity index is 752. The highest BCUT2D eigenvalue weighted by atomic mass is 16.6. The van der Waals surface area contributed by atoms with Gasteiger partial charge in [0.15, 0.2) is 6.61 Å². The molecule has 1 saturated heterocycles. The zero-order valence-electron chi connectivity index (χ0n) is 19.0. The number of alkyl carbamates (subject to hydrolysis) is 1. The molecule has 0 aromatic heterocycles. The van der Waals surface area contributed by atoms with E-state index in [-0.39, 0.29) is 37.4 Å². The van der Waals surface area contributed by atoms with Crippen molar-refractivity contribution in [2.24, 2.45) is 0 Å². The first-order valence-electron chi connectivity index (χ1n) is 10.9. The van der Waals surface area contributed by atoms with E-state index in [1.54, 1.807) is 25.7 Å². The molecule has 31 heavy (non-hydrogen) atoms. The summed E-state index contributed by atoms with van der Waals surface area (Å²) >= 11 is 0. The van der Waals surface area contributed by atoms with Gasteiger partial charge in [0, 0.05) is 32.1 Å². The van der Waals surface area contributed by atoms with Crippen molar-refractivity contribution in [2.75, 3.05) is 26.2 Å². The lowest BCUT2D eigenvalue weighted by atomic mass is 10.0. The molecule has 1 fully saturated rings. The smallest absolute Gasteiger partial charge is 0.407 e. The molecule has 2 rings (SSSR count). The first kappa shape index (κ1) is 24.5. The Morgan fingerprint density at radius 2 is 1.81 bits per heavy atom. The maximum atomic E-state index is 12.5. The van der Waals surface area contributed by atoms with Crippen LogP contribution in [0.3, 0.4) is 0 Å². The molecule has 8 heteroatoms. The van der Waals surface area contributed by atoms with E-state index in [9.17, 15) is 14.4 Å². The topological polar surface area (TPSA) is 97.0 Å². The van der Waals surface area contributed by atoms with Crippen molar-refractivity contribution in [1.29, 1.82) is 0 Å². The van der Waals surface area contributed by atoms with Crippen LogP contribution in [0.2, 0.25) is 0 Å². The number of amides is 3. The molecule has 8 nitrogen and oxygen atoms in total. The third-order valence-corrected chi connectivity index (χ3v) is 4.94. The summed E-state index contributed by atoms with van der Waals surface area (Å²) in [5.74, 6) is 0.582. The fourth-order valence-corrected chi connectivity index (χ4v) is 3.33. The van der Waals surface area contributed by atoms with Crippen LogP contribution in [-0.2, 0) is 20.7 Å². The van der Waals surface area contributed by atoms with Gasteiger partial charge in [-0.3, -0.25) is 9.59 Å². The van der Waals surface area contributed by atoms with Crippen molar-refractivity contribution in [2.45, 2.75) is 65.0 Å². The van der Waals surface area contributed by atoms with Gasteiger partial charge in [0.1, 0.15) is 11.4 Å². The maximum Gasteiger partial charge on any atom is 0.407 e. The van der Waals surface area contributed by atoms with Crippen LogP contribution in [0, 0.1) is 0 Å². The highest BCUT2D eigenvalue weighted by Gasteiger charge is 2.24. The minimum atomic E-state index is -0.567. The number of aryl methyl sites for hydroxylation is 1. The normalized spacial score (nSPS) is 14.6. The van der Waals surface area contributed by atoms with E-state index in [0.717, 1.165) is 17.7 Å². The van der Waals surface area contributed by atoms with Crippen LogP contribution in [0.4, 0.5) is 4.79 Å². The Labute approximate surface area is 184 Å². The van der Waals surface area contributed by atoms with Crippen LogP contribution in [0.15, 0.2) is 24.3 Å². The Morgan fingerprint density at radius 1 is 1.13 bits per heavy atom. The van der Waals surface area contributed by atoms with Gasteiger partial charge in [0.2, 0.25) is 5.91 Å². The van der Waals surface area contributed by atoms with Gasteiger partial charge in [0.05, 0.1) is 0 Å². The van der Waals surface area contributed by atoms with Gasteiger partial charge in [-0.1, -0.05) is 25.1 Å². The van der Waals surface area contributed by atoms with E-state index in [2.05, 4.69) is 17.6 Å². The molecule has 3 amide bonds. The molecule has 1 aromatic carbocycles. The quantitative estimate of drug-likeness (QED) is 0.657. The highest BCUT2D eigenvalue weighted by molar-refractivity contribution is 5.78. The van der Waals surface area contributed by atoms with Crippen LogP contribution in [-0.4, -0.2) is 60.7 Å². The van der Waals surface area contributed by atoms with Crippen LogP contribution >= 0.6 is 0 Å². The van der Waals surface area contributed by atoms with E-state index in [0.29, 0.717) is 25.9 Å². The first-order valence-corrected chi connectivity index (χ1v) is 10.9. The molecular formula is C23H35N3O5. The number of hydrogen-bond donors (Lipinski definition) is 2. The minimum Gasteiger partial charge on any atom is -0.483 e. The predicted octanol–water partition coefficient (Wildman–Crippen LogP) is 2.65. The lowest BCUT2D eigenvalue weighted by Crippen LogP contribution is -2.48. The molecule has 1 heterocycles. The van der Waals surface area contributed by atoms with Crippen LogP contribution in [0.25, 0.3) is 0 Å². The number of nitrogens with zero attached hydrogens (tertiary/aromatic N) is 1. The number of carbonyl (C=O) groups excluding carboxylic acids is 3. The summed E-state index contributed by atoms with van der Waals surface area (Å²) in [6.07, 6.45) is 1.90. The summed E-state index contributed by atoms with van der Waals surface area (Å²) < 4.78 is 10.9. The Morgan fingerprint density at radius 3 is 2.45 bits per heavy atom. The number of likely N-dealkylation sites (tertiary alicyclic amines) is 1. The minimum absolute atomic E-state index is 0.0182. The SMILES string of the molecule is CCc1ccccc1OCC(=O)N1CCC(NC(=O)CCNC(=O)OC(C)(C)C)CC1. The van der Waals surface area contributed by atoms with Crippen molar-refractivity contribution in [1.82, 2.24) is 15.5 Å². The van der Waals surface area contributed by atoms with E-state index in [4.69, 9.17) is 9.47 Å². The monoisotopic (exact) mass is 433 g/mol. The van der Waals surface area contributed by atoms with Gasteiger partial charge in [0.25, 0.3) is 5.91 Å². The molecular weight excluding hydrogens is 398 g/mol. The Kier molecular flexibility index (Phi) is 9.15. The van der Waals surface area contributed by atoms with E-state index in [1.165, 1.54) is 0 Å². The van der Waals surface area contributed by atoms with E-state index in [1.807, 2.05) is 24.3 Å². The summed E-state index contributed by atoms with van der Waals surface area (Å²) in [7, 11) is 0. The standard InChI is InChI=1S/C23H35N3O5/c1-5-17-8-6-7-9-19(17)30-16-21(28)26-14-11-18(12-15-26)25-20(27)10-13-24-22(29)31-23(2,3)4/h6-9,18H,5,10-16H2,1-4H3,(H,24,29)(H,25,27). The van der Waals surface area contributed by atoms with Crippen LogP contribution in [0.5, 0.6) is 5.75 Å². The summed E-state index contributed by atoms with van der Waals surface area (Å²) in [6.45, 7) is 8.80. The molecule has 0 spiro atoms. The van der Waals surface area contributed by atoms with Crippen molar-refractivity contribution >= 4 is 17.9 Å². The van der Waals surface area contributed by atoms with Gasteiger partial charge in [-0.15, -0.1) is 0 Å². The molecule has 172 valence electrons. The number of piperidine rings is 1. The van der Waals surface area contributed by atoms with Crippen molar-refractivity contribution in [3.05, 3.63) is 29.8 Å². The molecule has 1 aromatic rings. The van der Waals surface area contributed by atoms with Crippen molar-refractivity contribution in [3.8, 4) is 5.75 Å². The lowest BCUT2D eigenvalue weighted by molar-refractivity contribution is -0.134. The molecule has 2 N–H and O–H groups in total. The molecule has 0 aliphatic carbocycles. The third kappa shape index (κ3) is 8.86. The average molecular weight is 434 g/mol. The number of benzene rings is 1. The second-order valence-corrected chi connectivity index (χ2v) is 8.65. The number of carbonyl (C=O) groups is 3. The summed E-state index contributed by atoms with van der Waals surface area (Å²) in [4.78, 5) is 38.0. The van der Waals surface area contributed by atoms with Crippen molar-refractivity contribution in [3.63, 3.8) is 0 Å². The number of para-hydroxylation sites is 1. The van der Waals surface area contributed by atoms with Crippen LogP contribution in [0.1, 0.15) is 52.5 Å². The zero-order valence-corrected chi connectivity index (χ0v) is 19.0. The Balaban J connectivity index is 1.64. The third-order valence-electron chi connectivity index (χ3n) is 4.94. The first-order chi connectivity index (χ1) is 14.7. The molecule has 1 aliphatic rings. The molecule has 0 radical (unpaired) electrons. The second-order valence-electron chi connectivity index (χ2n) is 8.65.